The smallest absolute Gasteiger partial charge is 0.313 e. The minimum absolute atomic E-state index is 0.0231. The van der Waals surface area contributed by atoms with Crippen LogP contribution in [-0.4, -0.2) is 9.91 Å². The Hall–Kier alpha value is -2.05. The van der Waals surface area contributed by atoms with Crippen LogP contribution in [0.1, 0.15) is 0 Å². The summed E-state index contributed by atoms with van der Waals surface area (Å²) >= 11 is 11.6. The van der Waals surface area contributed by atoms with E-state index >= 15 is 0 Å². The molecule has 2 N–H and O–H groups in total. The first kappa shape index (κ1) is 13.4. The molecule has 0 aliphatic heterocycles. The van der Waals surface area contributed by atoms with Crippen molar-refractivity contribution in [1.29, 1.82) is 0 Å². The largest absolute Gasteiger partial charge is 0.450 e. The fourth-order valence-corrected chi connectivity index (χ4v) is 1.67. The SMILES string of the molecule is Nc1cc(Oc2cc(Cl)c(Cl)cc2[N+](=O)[O-])ccn1. The predicted molar refractivity (Wildman–Crippen MR) is 71.8 cm³/mol. The molecule has 2 rings (SSSR count). The molecule has 0 atom stereocenters. The molecule has 0 bridgehead atoms. The number of ether oxygens (including phenoxy) is 1. The minimum Gasteiger partial charge on any atom is -0.450 e. The van der Waals surface area contributed by atoms with Gasteiger partial charge in [-0.3, -0.25) is 10.1 Å². The second kappa shape index (κ2) is 5.29. The van der Waals surface area contributed by atoms with Crippen molar-refractivity contribution in [2.24, 2.45) is 0 Å². The molecule has 1 aromatic heterocycles. The average molecular weight is 300 g/mol. The molecule has 6 nitrogen and oxygen atoms in total. The Morgan fingerprint density at radius 3 is 2.58 bits per heavy atom. The van der Waals surface area contributed by atoms with Crippen LogP contribution in [0.5, 0.6) is 11.5 Å². The van der Waals surface area contributed by atoms with Crippen LogP contribution in [0, 0.1) is 10.1 Å². The van der Waals surface area contributed by atoms with Crippen molar-refractivity contribution in [3.63, 3.8) is 0 Å². The first-order valence-electron chi connectivity index (χ1n) is 5.00. The molecule has 1 heterocycles. The second-order valence-electron chi connectivity index (χ2n) is 3.51. The van der Waals surface area contributed by atoms with Gasteiger partial charge < -0.3 is 10.5 Å². The lowest BCUT2D eigenvalue weighted by Crippen LogP contribution is -1.95. The topological polar surface area (TPSA) is 91.3 Å². The van der Waals surface area contributed by atoms with E-state index in [1.807, 2.05) is 0 Å². The zero-order chi connectivity index (χ0) is 14.0. The Labute approximate surface area is 117 Å². The molecule has 1 aromatic carbocycles. The number of pyridine rings is 1. The highest BCUT2D eigenvalue weighted by Crippen LogP contribution is 2.38. The highest BCUT2D eigenvalue weighted by molar-refractivity contribution is 6.42. The maximum Gasteiger partial charge on any atom is 0.313 e. The quantitative estimate of drug-likeness (QED) is 0.689. The van der Waals surface area contributed by atoms with Crippen molar-refractivity contribution < 1.29 is 9.66 Å². The molecule has 2 aromatic rings. The minimum atomic E-state index is -0.609. The van der Waals surface area contributed by atoms with Gasteiger partial charge in [0, 0.05) is 24.4 Å². The Morgan fingerprint density at radius 1 is 1.26 bits per heavy atom. The number of nitro benzene ring substituents is 1. The fourth-order valence-electron chi connectivity index (χ4n) is 1.36. The highest BCUT2D eigenvalue weighted by Gasteiger charge is 2.19. The van der Waals surface area contributed by atoms with E-state index in [2.05, 4.69) is 4.98 Å². The number of hydrogen-bond donors (Lipinski definition) is 1. The first-order chi connectivity index (χ1) is 8.97. The summed E-state index contributed by atoms with van der Waals surface area (Å²) in [7, 11) is 0. The third-order valence-electron chi connectivity index (χ3n) is 2.18. The van der Waals surface area contributed by atoms with Gasteiger partial charge >= 0.3 is 5.69 Å². The zero-order valence-corrected chi connectivity index (χ0v) is 10.9. The van der Waals surface area contributed by atoms with E-state index in [-0.39, 0.29) is 27.3 Å². The van der Waals surface area contributed by atoms with Crippen LogP contribution in [-0.2, 0) is 0 Å². The Bertz CT molecular complexity index is 649. The summed E-state index contributed by atoms with van der Waals surface area (Å²) in [5.74, 6) is 0.527. The van der Waals surface area contributed by atoms with Crippen LogP contribution in [0.25, 0.3) is 0 Å². The van der Waals surface area contributed by atoms with Crippen molar-refractivity contribution in [3.8, 4) is 11.5 Å². The van der Waals surface area contributed by atoms with Gasteiger partial charge in [-0.25, -0.2) is 4.98 Å². The number of nitrogen functional groups attached to an aromatic ring is 1. The van der Waals surface area contributed by atoms with E-state index in [0.29, 0.717) is 5.75 Å². The standard InChI is InChI=1S/C11H7Cl2N3O3/c12-7-4-9(16(17)18)10(5-8(7)13)19-6-1-2-15-11(14)3-6/h1-5H,(H2,14,15). The lowest BCUT2D eigenvalue weighted by Gasteiger charge is -2.07. The number of aromatic nitrogens is 1. The summed E-state index contributed by atoms with van der Waals surface area (Å²) in [4.78, 5) is 14.1. The third kappa shape index (κ3) is 3.04. The normalized spacial score (nSPS) is 10.2. The van der Waals surface area contributed by atoms with Gasteiger partial charge in [-0.15, -0.1) is 0 Å². The Morgan fingerprint density at radius 2 is 1.95 bits per heavy atom. The number of halogens is 2. The van der Waals surface area contributed by atoms with Crippen LogP contribution in [0.3, 0.4) is 0 Å². The maximum absolute atomic E-state index is 10.9. The number of nitro groups is 1. The van der Waals surface area contributed by atoms with Gasteiger partial charge in [-0.05, 0) is 6.07 Å². The van der Waals surface area contributed by atoms with E-state index in [0.717, 1.165) is 6.07 Å². The number of benzene rings is 1. The number of nitrogens with two attached hydrogens (primary N) is 1. The molecule has 0 aliphatic carbocycles. The molecule has 0 amide bonds. The van der Waals surface area contributed by atoms with Gasteiger partial charge in [0.25, 0.3) is 0 Å². The van der Waals surface area contributed by atoms with E-state index < -0.39 is 4.92 Å². The Kier molecular flexibility index (Phi) is 3.73. The summed E-state index contributed by atoms with van der Waals surface area (Å²) < 4.78 is 5.38. The third-order valence-corrected chi connectivity index (χ3v) is 2.90. The van der Waals surface area contributed by atoms with Gasteiger partial charge in [-0.2, -0.15) is 0 Å². The van der Waals surface area contributed by atoms with E-state index in [9.17, 15) is 10.1 Å². The summed E-state index contributed by atoms with van der Waals surface area (Å²) in [6.07, 6.45) is 1.42. The number of anilines is 1. The fraction of sp³-hybridized carbons (Fsp3) is 0. The van der Waals surface area contributed by atoms with Gasteiger partial charge in [0.2, 0.25) is 5.75 Å². The molecule has 98 valence electrons. The summed E-state index contributed by atoms with van der Waals surface area (Å²) in [6.45, 7) is 0. The zero-order valence-electron chi connectivity index (χ0n) is 9.34. The lowest BCUT2D eigenvalue weighted by molar-refractivity contribution is -0.385. The maximum atomic E-state index is 10.9. The first-order valence-corrected chi connectivity index (χ1v) is 5.76. The molecular formula is C11H7Cl2N3O3. The molecule has 0 fully saturated rings. The lowest BCUT2D eigenvalue weighted by atomic mass is 10.3. The van der Waals surface area contributed by atoms with Gasteiger partial charge in [0.1, 0.15) is 11.6 Å². The number of rotatable bonds is 3. The van der Waals surface area contributed by atoms with Crippen LogP contribution in [0.4, 0.5) is 11.5 Å². The molecule has 8 heteroatoms. The summed E-state index contributed by atoms with van der Waals surface area (Å²) in [5, 5.41) is 11.2. The Balaban J connectivity index is 2.44. The molecule has 0 saturated carbocycles. The predicted octanol–water partition coefficient (Wildman–Crippen LogP) is 3.67. The van der Waals surface area contributed by atoms with Crippen molar-refractivity contribution in [2.75, 3.05) is 5.73 Å². The van der Waals surface area contributed by atoms with Gasteiger partial charge in [0.15, 0.2) is 0 Å². The summed E-state index contributed by atoms with van der Waals surface area (Å²) in [5.41, 5.74) is 5.20. The molecule has 0 saturated heterocycles. The van der Waals surface area contributed by atoms with E-state index in [1.54, 1.807) is 0 Å². The molecular weight excluding hydrogens is 293 g/mol. The highest BCUT2D eigenvalue weighted by atomic mass is 35.5. The number of hydrogen-bond acceptors (Lipinski definition) is 5. The van der Waals surface area contributed by atoms with Crippen LogP contribution in [0.15, 0.2) is 30.5 Å². The molecule has 0 radical (unpaired) electrons. The van der Waals surface area contributed by atoms with E-state index in [4.69, 9.17) is 33.7 Å². The van der Waals surface area contributed by atoms with E-state index in [1.165, 1.54) is 24.4 Å². The van der Waals surface area contributed by atoms with Crippen molar-refractivity contribution in [2.45, 2.75) is 0 Å². The summed E-state index contributed by atoms with van der Waals surface area (Å²) in [6, 6.07) is 5.36. The van der Waals surface area contributed by atoms with Crippen molar-refractivity contribution >= 4 is 34.7 Å². The van der Waals surface area contributed by atoms with Crippen LogP contribution in [0.2, 0.25) is 10.0 Å². The molecule has 19 heavy (non-hydrogen) atoms. The number of nitrogens with zero attached hydrogens (tertiary/aromatic N) is 2. The average Bonchev–Trinajstić information content (AvgIpc) is 2.33. The molecule has 0 aliphatic rings. The van der Waals surface area contributed by atoms with Gasteiger partial charge in [-0.1, -0.05) is 23.2 Å². The van der Waals surface area contributed by atoms with Crippen molar-refractivity contribution in [3.05, 3.63) is 50.6 Å². The van der Waals surface area contributed by atoms with Crippen molar-refractivity contribution in [1.82, 2.24) is 4.98 Å². The van der Waals surface area contributed by atoms with Gasteiger partial charge in [0.05, 0.1) is 15.0 Å². The second-order valence-corrected chi connectivity index (χ2v) is 4.32. The molecule has 0 unspecified atom stereocenters. The van der Waals surface area contributed by atoms with Crippen LogP contribution >= 0.6 is 23.2 Å². The van der Waals surface area contributed by atoms with Crippen LogP contribution < -0.4 is 10.5 Å². The monoisotopic (exact) mass is 299 g/mol. The molecule has 0 spiro atoms.